The van der Waals surface area contributed by atoms with Crippen LogP contribution in [0, 0.1) is 5.92 Å². The number of allylic oxidation sites excluding steroid dienone is 2. The van der Waals surface area contributed by atoms with Crippen molar-refractivity contribution in [3.63, 3.8) is 0 Å². The second-order valence-electron chi connectivity index (χ2n) is 5.78. The summed E-state index contributed by atoms with van der Waals surface area (Å²) in [5.41, 5.74) is 2.55. The van der Waals surface area contributed by atoms with Crippen molar-refractivity contribution in [3.8, 4) is 0 Å². The zero-order chi connectivity index (χ0) is 12.4. The smallest absolute Gasteiger partial charge is 0.0821 e. The third-order valence-electron chi connectivity index (χ3n) is 4.61. The maximum atomic E-state index is 10.4. The lowest BCUT2D eigenvalue weighted by molar-refractivity contribution is 0.102. The summed E-state index contributed by atoms with van der Waals surface area (Å²) >= 11 is 0. The molecular formula is C17H22O. The zero-order valence-corrected chi connectivity index (χ0v) is 10.9. The fraction of sp³-hybridized carbons (Fsp3) is 0.529. The van der Waals surface area contributed by atoms with Crippen LogP contribution in [-0.2, 0) is 0 Å². The second kappa shape index (κ2) is 5.27. The van der Waals surface area contributed by atoms with Crippen molar-refractivity contribution in [2.45, 2.75) is 50.5 Å². The Hall–Kier alpha value is -1.08. The lowest BCUT2D eigenvalue weighted by atomic mass is 9.79. The highest BCUT2D eigenvalue weighted by Crippen LogP contribution is 2.37. The monoisotopic (exact) mass is 242 g/mol. The molecule has 0 aliphatic heterocycles. The molecule has 1 nitrogen and oxygen atoms in total. The van der Waals surface area contributed by atoms with Gasteiger partial charge in [0.05, 0.1) is 6.10 Å². The summed E-state index contributed by atoms with van der Waals surface area (Å²) < 4.78 is 0. The van der Waals surface area contributed by atoms with E-state index in [0.29, 0.717) is 5.92 Å². The van der Waals surface area contributed by atoms with E-state index in [0.717, 1.165) is 30.7 Å². The van der Waals surface area contributed by atoms with Gasteiger partial charge in [-0.1, -0.05) is 42.8 Å². The first kappa shape index (κ1) is 12.0. The SMILES string of the molecule is OC(c1ccc(C2CCC2)cc1)C1CC=CCC1. The molecule has 0 bridgehead atoms. The molecule has 0 heterocycles. The topological polar surface area (TPSA) is 20.2 Å². The lowest BCUT2D eigenvalue weighted by Crippen LogP contribution is -2.14. The number of aliphatic hydroxyl groups is 1. The highest BCUT2D eigenvalue weighted by Gasteiger charge is 2.22. The zero-order valence-electron chi connectivity index (χ0n) is 10.9. The molecule has 1 aromatic rings. The van der Waals surface area contributed by atoms with E-state index in [1.165, 1.54) is 24.8 Å². The number of hydrogen-bond acceptors (Lipinski definition) is 1. The molecule has 0 amide bonds. The van der Waals surface area contributed by atoms with E-state index in [4.69, 9.17) is 0 Å². The molecule has 2 unspecified atom stereocenters. The normalized spacial score (nSPS) is 25.7. The average molecular weight is 242 g/mol. The van der Waals surface area contributed by atoms with Gasteiger partial charge >= 0.3 is 0 Å². The minimum atomic E-state index is -0.287. The summed E-state index contributed by atoms with van der Waals surface area (Å²) in [4.78, 5) is 0. The summed E-state index contributed by atoms with van der Waals surface area (Å²) in [6.07, 6.45) is 11.5. The molecule has 96 valence electrons. The summed E-state index contributed by atoms with van der Waals surface area (Å²) in [5.74, 6) is 1.19. The van der Waals surface area contributed by atoms with Crippen LogP contribution in [0.4, 0.5) is 0 Å². The van der Waals surface area contributed by atoms with E-state index in [1.54, 1.807) is 0 Å². The minimum Gasteiger partial charge on any atom is -0.388 e. The fourth-order valence-corrected chi connectivity index (χ4v) is 3.08. The largest absolute Gasteiger partial charge is 0.388 e. The summed E-state index contributed by atoms with van der Waals surface area (Å²) in [6, 6.07) is 8.72. The standard InChI is InChI=1S/C17H22O/c18-17(15-5-2-1-3-6-15)16-11-9-14(10-12-16)13-7-4-8-13/h1-2,9-13,15,17-18H,3-8H2. The van der Waals surface area contributed by atoms with Crippen molar-refractivity contribution in [2.24, 2.45) is 5.92 Å². The Bertz CT molecular complexity index is 414. The highest BCUT2D eigenvalue weighted by atomic mass is 16.3. The molecule has 18 heavy (non-hydrogen) atoms. The maximum Gasteiger partial charge on any atom is 0.0821 e. The number of aliphatic hydroxyl groups excluding tert-OH is 1. The van der Waals surface area contributed by atoms with Crippen LogP contribution < -0.4 is 0 Å². The molecule has 2 atom stereocenters. The number of hydrogen-bond donors (Lipinski definition) is 1. The van der Waals surface area contributed by atoms with Gasteiger partial charge in [-0.3, -0.25) is 0 Å². The average Bonchev–Trinajstić information content (AvgIpc) is 2.38. The first-order valence-electron chi connectivity index (χ1n) is 7.27. The van der Waals surface area contributed by atoms with Gasteiger partial charge in [0, 0.05) is 0 Å². The first-order valence-corrected chi connectivity index (χ1v) is 7.27. The van der Waals surface area contributed by atoms with Crippen LogP contribution >= 0.6 is 0 Å². The Morgan fingerprint density at radius 1 is 1.00 bits per heavy atom. The van der Waals surface area contributed by atoms with Crippen LogP contribution in [0.5, 0.6) is 0 Å². The van der Waals surface area contributed by atoms with Gasteiger partial charge in [-0.2, -0.15) is 0 Å². The second-order valence-corrected chi connectivity index (χ2v) is 5.78. The number of rotatable bonds is 3. The molecule has 3 rings (SSSR count). The highest BCUT2D eigenvalue weighted by molar-refractivity contribution is 5.28. The fourth-order valence-electron chi connectivity index (χ4n) is 3.08. The van der Waals surface area contributed by atoms with Gasteiger partial charge in [-0.25, -0.2) is 0 Å². The molecule has 2 aliphatic rings. The first-order chi connectivity index (χ1) is 8.84. The molecule has 1 aromatic carbocycles. The lowest BCUT2D eigenvalue weighted by Gasteiger charge is -2.27. The van der Waals surface area contributed by atoms with Crippen molar-refractivity contribution in [3.05, 3.63) is 47.5 Å². The molecule has 0 aromatic heterocycles. The van der Waals surface area contributed by atoms with E-state index < -0.39 is 0 Å². The van der Waals surface area contributed by atoms with Crippen molar-refractivity contribution in [2.75, 3.05) is 0 Å². The Morgan fingerprint density at radius 3 is 2.33 bits per heavy atom. The van der Waals surface area contributed by atoms with E-state index >= 15 is 0 Å². The molecule has 1 heteroatoms. The van der Waals surface area contributed by atoms with E-state index in [1.807, 2.05) is 0 Å². The van der Waals surface area contributed by atoms with E-state index in [-0.39, 0.29) is 6.10 Å². The molecule has 0 saturated heterocycles. The molecule has 1 N–H and O–H groups in total. The van der Waals surface area contributed by atoms with Crippen molar-refractivity contribution in [1.29, 1.82) is 0 Å². The molecule has 1 saturated carbocycles. The van der Waals surface area contributed by atoms with Crippen molar-refractivity contribution >= 4 is 0 Å². The van der Waals surface area contributed by atoms with Gasteiger partial charge < -0.3 is 5.11 Å². The van der Waals surface area contributed by atoms with Gasteiger partial charge in [0.1, 0.15) is 0 Å². The molecule has 1 fully saturated rings. The van der Waals surface area contributed by atoms with Gasteiger partial charge in [-0.05, 0) is 55.1 Å². The van der Waals surface area contributed by atoms with Crippen LogP contribution in [0.1, 0.15) is 61.7 Å². The number of benzene rings is 1. The maximum absolute atomic E-state index is 10.4. The summed E-state index contributed by atoms with van der Waals surface area (Å²) in [7, 11) is 0. The third-order valence-corrected chi connectivity index (χ3v) is 4.61. The van der Waals surface area contributed by atoms with Crippen LogP contribution in [0.3, 0.4) is 0 Å². The third kappa shape index (κ3) is 2.37. The van der Waals surface area contributed by atoms with E-state index in [2.05, 4.69) is 36.4 Å². The Morgan fingerprint density at radius 2 is 1.78 bits per heavy atom. The Labute approximate surface area is 110 Å². The van der Waals surface area contributed by atoms with Crippen molar-refractivity contribution in [1.82, 2.24) is 0 Å². The van der Waals surface area contributed by atoms with Crippen LogP contribution in [0.15, 0.2) is 36.4 Å². The summed E-state index contributed by atoms with van der Waals surface area (Å²) in [5, 5.41) is 10.4. The summed E-state index contributed by atoms with van der Waals surface area (Å²) in [6.45, 7) is 0. The predicted molar refractivity (Wildman–Crippen MR) is 74.5 cm³/mol. The van der Waals surface area contributed by atoms with Gasteiger partial charge in [0.25, 0.3) is 0 Å². The van der Waals surface area contributed by atoms with Crippen LogP contribution in [-0.4, -0.2) is 5.11 Å². The molecule has 2 aliphatic carbocycles. The Kier molecular flexibility index (Phi) is 3.51. The van der Waals surface area contributed by atoms with E-state index in [9.17, 15) is 5.11 Å². The molecular weight excluding hydrogens is 220 g/mol. The van der Waals surface area contributed by atoms with Gasteiger partial charge in [0.15, 0.2) is 0 Å². The minimum absolute atomic E-state index is 0.287. The molecule has 0 radical (unpaired) electrons. The Balaban J connectivity index is 1.69. The molecule has 0 spiro atoms. The quantitative estimate of drug-likeness (QED) is 0.781. The van der Waals surface area contributed by atoms with Gasteiger partial charge in [-0.15, -0.1) is 0 Å². The van der Waals surface area contributed by atoms with Crippen LogP contribution in [0.2, 0.25) is 0 Å². The van der Waals surface area contributed by atoms with Crippen LogP contribution in [0.25, 0.3) is 0 Å². The van der Waals surface area contributed by atoms with Gasteiger partial charge in [0.2, 0.25) is 0 Å². The predicted octanol–water partition coefficient (Wildman–Crippen LogP) is 4.34. The van der Waals surface area contributed by atoms with Crippen molar-refractivity contribution < 1.29 is 5.11 Å².